The monoisotopic (exact) mass is 320 g/mol. The number of benzene rings is 2. The van der Waals surface area contributed by atoms with E-state index in [-0.39, 0.29) is 0 Å². The minimum atomic E-state index is 0.523. The number of likely N-dealkylation sites (N-methyl/N-ethyl adjacent to an activating group) is 1. The average molecular weight is 320 g/mol. The van der Waals surface area contributed by atoms with Crippen LogP contribution in [0.25, 0.3) is 0 Å². The summed E-state index contributed by atoms with van der Waals surface area (Å²) in [5.41, 5.74) is 7.62. The SMILES string of the molecule is Cc1ccc2c(c1)C(N1CCN(C)CC1)Cc1ccccc1CC2. The van der Waals surface area contributed by atoms with Crippen molar-refractivity contribution in [2.24, 2.45) is 0 Å². The quantitative estimate of drug-likeness (QED) is 0.792. The van der Waals surface area contributed by atoms with Gasteiger partial charge >= 0.3 is 0 Å². The molecule has 1 heterocycles. The zero-order chi connectivity index (χ0) is 16.5. The van der Waals surface area contributed by atoms with Crippen molar-refractivity contribution in [3.8, 4) is 0 Å². The molecule has 2 aromatic carbocycles. The van der Waals surface area contributed by atoms with Crippen LogP contribution in [0.3, 0.4) is 0 Å². The molecule has 1 fully saturated rings. The molecule has 2 aliphatic rings. The van der Waals surface area contributed by atoms with Gasteiger partial charge in [0.05, 0.1) is 0 Å². The molecule has 0 amide bonds. The van der Waals surface area contributed by atoms with Crippen LogP contribution in [0.1, 0.15) is 33.9 Å². The molecule has 1 saturated heterocycles. The Hall–Kier alpha value is -1.64. The lowest BCUT2D eigenvalue weighted by Crippen LogP contribution is -2.46. The van der Waals surface area contributed by atoms with E-state index in [0.717, 1.165) is 12.8 Å². The maximum atomic E-state index is 2.72. The fraction of sp³-hybridized carbons (Fsp3) is 0.455. The zero-order valence-electron chi connectivity index (χ0n) is 15.0. The lowest BCUT2D eigenvalue weighted by atomic mass is 9.84. The Morgan fingerprint density at radius 2 is 1.54 bits per heavy atom. The summed E-state index contributed by atoms with van der Waals surface area (Å²) in [5, 5.41) is 0. The normalized spacial score (nSPS) is 22.3. The molecule has 0 N–H and O–H groups in total. The molecule has 1 aliphatic carbocycles. The molecule has 0 aromatic heterocycles. The van der Waals surface area contributed by atoms with Gasteiger partial charge in [-0.1, -0.05) is 48.0 Å². The van der Waals surface area contributed by atoms with Gasteiger partial charge in [-0.2, -0.15) is 0 Å². The highest BCUT2D eigenvalue weighted by atomic mass is 15.3. The molecule has 2 aromatic rings. The second-order valence-corrected chi connectivity index (χ2v) is 7.53. The smallest absolute Gasteiger partial charge is 0.0392 e. The van der Waals surface area contributed by atoms with E-state index in [9.17, 15) is 0 Å². The molecule has 0 saturated carbocycles. The van der Waals surface area contributed by atoms with Gasteiger partial charge in [0.1, 0.15) is 0 Å². The molecule has 0 spiro atoms. The van der Waals surface area contributed by atoms with Crippen LogP contribution in [-0.2, 0) is 19.3 Å². The van der Waals surface area contributed by atoms with E-state index in [2.05, 4.69) is 66.2 Å². The van der Waals surface area contributed by atoms with E-state index in [1.807, 2.05) is 0 Å². The lowest BCUT2D eigenvalue weighted by molar-refractivity contribution is 0.110. The van der Waals surface area contributed by atoms with Crippen LogP contribution in [0.15, 0.2) is 42.5 Å². The predicted octanol–water partition coefficient (Wildman–Crippen LogP) is 3.62. The largest absolute Gasteiger partial charge is 0.304 e. The number of aryl methyl sites for hydroxylation is 3. The van der Waals surface area contributed by atoms with Crippen molar-refractivity contribution < 1.29 is 0 Å². The minimum Gasteiger partial charge on any atom is -0.304 e. The van der Waals surface area contributed by atoms with Crippen molar-refractivity contribution in [3.05, 3.63) is 70.3 Å². The summed E-state index contributed by atoms with van der Waals surface area (Å²) >= 11 is 0. The molecule has 2 nitrogen and oxygen atoms in total. The molecule has 1 unspecified atom stereocenters. The van der Waals surface area contributed by atoms with Crippen LogP contribution in [0, 0.1) is 6.92 Å². The van der Waals surface area contributed by atoms with Gasteiger partial charge in [-0.3, -0.25) is 4.90 Å². The maximum Gasteiger partial charge on any atom is 0.0392 e. The molecule has 0 radical (unpaired) electrons. The Morgan fingerprint density at radius 1 is 0.833 bits per heavy atom. The summed E-state index contributed by atoms with van der Waals surface area (Å²) in [6.07, 6.45) is 3.48. The number of nitrogens with zero attached hydrogens (tertiary/aromatic N) is 2. The second-order valence-electron chi connectivity index (χ2n) is 7.53. The van der Waals surface area contributed by atoms with Crippen LogP contribution in [-0.4, -0.2) is 43.0 Å². The van der Waals surface area contributed by atoms with E-state index in [0.29, 0.717) is 6.04 Å². The Bertz CT molecular complexity index is 714. The number of fused-ring (bicyclic) bond motifs is 2. The Morgan fingerprint density at radius 3 is 2.33 bits per heavy atom. The molecule has 24 heavy (non-hydrogen) atoms. The molecule has 2 heteroatoms. The average Bonchev–Trinajstić information content (AvgIpc) is 2.59. The molecule has 1 atom stereocenters. The van der Waals surface area contributed by atoms with E-state index < -0.39 is 0 Å². The summed E-state index contributed by atoms with van der Waals surface area (Å²) in [6.45, 7) is 6.94. The Kier molecular flexibility index (Phi) is 4.43. The first kappa shape index (κ1) is 15.9. The van der Waals surface area contributed by atoms with Crippen molar-refractivity contribution in [1.29, 1.82) is 0 Å². The summed E-state index contributed by atoms with van der Waals surface area (Å²) in [5.74, 6) is 0. The summed E-state index contributed by atoms with van der Waals surface area (Å²) in [7, 11) is 2.24. The highest BCUT2D eigenvalue weighted by molar-refractivity contribution is 5.39. The van der Waals surface area contributed by atoms with E-state index in [1.165, 1.54) is 38.2 Å². The van der Waals surface area contributed by atoms with Gasteiger partial charge in [-0.15, -0.1) is 0 Å². The molecule has 1 aliphatic heterocycles. The van der Waals surface area contributed by atoms with Crippen LogP contribution in [0.4, 0.5) is 0 Å². The van der Waals surface area contributed by atoms with E-state index in [4.69, 9.17) is 0 Å². The summed E-state index contributed by atoms with van der Waals surface area (Å²) < 4.78 is 0. The Labute approximate surface area is 146 Å². The van der Waals surface area contributed by atoms with Crippen LogP contribution < -0.4 is 0 Å². The first-order valence-corrected chi connectivity index (χ1v) is 9.29. The van der Waals surface area contributed by atoms with Gasteiger partial charge in [0.25, 0.3) is 0 Å². The number of rotatable bonds is 1. The van der Waals surface area contributed by atoms with Gasteiger partial charge in [0, 0.05) is 32.2 Å². The molecule has 126 valence electrons. The number of piperazine rings is 1. The van der Waals surface area contributed by atoms with Crippen LogP contribution >= 0.6 is 0 Å². The third kappa shape index (κ3) is 3.13. The van der Waals surface area contributed by atoms with E-state index >= 15 is 0 Å². The number of hydrogen-bond donors (Lipinski definition) is 0. The minimum absolute atomic E-state index is 0.523. The van der Waals surface area contributed by atoms with Crippen molar-refractivity contribution >= 4 is 0 Å². The van der Waals surface area contributed by atoms with Gasteiger partial charge in [0.15, 0.2) is 0 Å². The van der Waals surface area contributed by atoms with Crippen molar-refractivity contribution in [2.45, 2.75) is 32.2 Å². The van der Waals surface area contributed by atoms with Crippen LogP contribution in [0.2, 0.25) is 0 Å². The van der Waals surface area contributed by atoms with Crippen molar-refractivity contribution in [3.63, 3.8) is 0 Å². The molecular weight excluding hydrogens is 292 g/mol. The molecular formula is C22H28N2. The first-order chi connectivity index (χ1) is 11.7. The first-order valence-electron chi connectivity index (χ1n) is 9.29. The predicted molar refractivity (Wildman–Crippen MR) is 101 cm³/mol. The topological polar surface area (TPSA) is 6.48 Å². The van der Waals surface area contributed by atoms with Gasteiger partial charge < -0.3 is 4.90 Å². The second kappa shape index (κ2) is 6.70. The van der Waals surface area contributed by atoms with Crippen molar-refractivity contribution in [2.75, 3.05) is 33.2 Å². The third-order valence-electron chi connectivity index (χ3n) is 5.83. The van der Waals surface area contributed by atoms with Crippen molar-refractivity contribution in [1.82, 2.24) is 9.80 Å². The maximum absolute atomic E-state index is 2.72. The highest BCUT2D eigenvalue weighted by Crippen LogP contribution is 2.33. The third-order valence-corrected chi connectivity index (χ3v) is 5.83. The fourth-order valence-corrected chi connectivity index (χ4v) is 4.30. The fourth-order valence-electron chi connectivity index (χ4n) is 4.30. The molecule has 0 bridgehead atoms. The van der Waals surface area contributed by atoms with E-state index in [1.54, 1.807) is 22.3 Å². The lowest BCUT2D eigenvalue weighted by Gasteiger charge is -2.40. The van der Waals surface area contributed by atoms with Gasteiger partial charge in [-0.05, 0) is 55.5 Å². The zero-order valence-corrected chi connectivity index (χ0v) is 15.0. The summed E-state index contributed by atoms with van der Waals surface area (Å²) in [6, 6.07) is 16.7. The standard InChI is InChI=1S/C22H28N2/c1-17-7-8-19-10-9-18-5-3-4-6-20(18)16-22(21(19)15-17)24-13-11-23(2)12-14-24/h3-8,15,22H,9-14,16H2,1-2H3. The highest BCUT2D eigenvalue weighted by Gasteiger charge is 2.27. The van der Waals surface area contributed by atoms with Gasteiger partial charge in [0.2, 0.25) is 0 Å². The number of hydrogen-bond acceptors (Lipinski definition) is 2. The van der Waals surface area contributed by atoms with Gasteiger partial charge in [-0.25, -0.2) is 0 Å². The Balaban J connectivity index is 1.74. The summed E-state index contributed by atoms with van der Waals surface area (Å²) in [4.78, 5) is 5.17. The van der Waals surface area contributed by atoms with Crippen LogP contribution in [0.5, 0.6) is 0 Å². The molecule has 4 rings (SSSR count).